The molecule has 0 aromatic heterocycles. The number of hydrogen-bond acceptors (Lipinski definition) is 3. The van der Waals surface area contributed by atoms with Gasteiger partial charge in [-0.3, -0.25) is 14.5 Å². The molecule has 1 aromatic carbocycles. The van der Waals surface area contributed by atoms with E-state index in [0.29, 0.717) is 12.0 Å². The smallest absolute Gasteiger partial charge is 0.253 e. The van der Waals surface area contributed by atoms with Gasteiger partial charge in [0.1, 0.15) is 0 Å². The summed E-state index contributed by atoms with van der Waals surface area (Å²) < 4.78 is 18.2. The first kappa shape index (κ1) is 12.3. The maximum atomic E-state index is 13.4. The van der Waals surface area contributed by atoms with E-state index in [-0.39, 0.29) is 24.1 Å². The van der Waals surface area contributed by atoms with Crippen molar-refractivity contribution in [1.82, 2.24) is 4.90 Å². The third-order valence-corrected chi connectivity index (χ3v) is 2.74. The summed E-state index contributed by atoms with van der Waals surface area (Å²) in [7, 11) is 1.39. The molecule has 5 heteroatoms. The van der Waals surface area contributed by atoms with E-state index in [4.69, 9.17) is 4.74 Å². The second-order valence-corrected chi connectivity index (χ2v) is 3.88. The van der Waals surface area contributed by atoms with E-state index in [1.807, 2.05) is 0 Å². The molecule has 0 aliphatic carbocycles. The fourth-order valence-corrected chi connectivity index (χ4v) is 1.76. The molecule has 1 aromatic rings. The van der Waals surface area contributed by atoms with Crippen LogP contribution in [0.5, 0.6) is 5.75 Å². The van der Waals surface area contributed by atoms with Gasteiger partial charge >= 0.3 is 0 Å². The normalized spacial score (nSPS) is 14.4. The number of benzene rings is 1. The summed E-state index contributed by atoms with van der Waals surface area (Å²) in [4.78, 5) is 23.7. The monoisotopic (exact) mass is 249 g/mol. The molecule has 2 rings (SSSR count). The van der Waals surface area contributed by atoms with E-state index >= 15 is 0 Å². The van der Waals surface area contributed by atoms with E-state index in [1.54, 1.807) is 6.07 Å². The van der Waals surface area contributed by atoms with Crippen molar-refractivity contribution >= 4 is 11.8 Å². The van der Waals surface area contributed by atoms with Crippen LogP contribution in [0.15, 0.2) is 30.4 Å². The summed E-state index contributed by atoms with van der Waals surface area (Å²) in [6.07, 6.45) is 2.88. The summed E-state index contributed by atoms with van der Waals surface area (Å²) in [6.45, 7) is 0.246. The molecule has 18 heavy (non-hydrogen) atoms. The van der Waals surface area contributed by atoms with Crippen LogP contribution in [0.2, 0.25) is 0 Å². The summed E-state index contributed by atoms with van der Waals surface area (Å²) >= 11 is 0. The van der Waals surface area contributed by atoms with Crippen molar-refractivity contribution in [2.75, 3.05) is 13.7 Å². The molecular formula is C13H12FNO3. The van der Waals surface area contributed by atoms with Crippen LogP contribution in [0, 0.1) is 5.82 Å². The number of rotatable bonds is 4. The molecule has 0 saturated heterocycles. The second kappa shape index (κ2) is 5.00. The topological polar surface area (TPSA) is 46.6 Å². The van der Waals surface area contributed by atoms with E-state index in [1.165, 1.54) is 31.4 Å². The molecule has 94 valence electrons. The number of carbonyl (C=O) groups excluding carboxylic acids is 2. The minimum absolute atomic E-state index is 0.175. The Balaban J connectivity index is 2.00. The average molecular weight is 249 g/mol. The SMILES string of the molecule is COc1ccc(CCN2C(=O)C=CC2=O)cc1F. The van der Waals surface area contributed by atoms with Crippen molar-refractivity contribution in [2.45, 2.75) is 6.42 Å². The molecule has 1 heterocycles. The van der Waals surface area contributed by atoms with Gasteiger partial charge in [-0.15, -0.1) is 0 Å². The van der Waals surface area contributed by atoms with Crippen LogP contribution < -0.4 is 4.74 Å². The largest absolute Gasteiger partial charge is 0.494 e. The van der Waals surface area contributed by atoms with Gasteiger partial charge in [0.15, 0.2) is 11.6 Å². The van der Waals surface area contributed by atoms with Gasteiger partial charge in [0.05, 0.1) is 7.11 Å². The highest BCUT2D eigenvalue weighted by atomic mass is 19.1. The first-order chi connectivity index (χ1) is 8.61. The molecule has 0 fully saturated rings. The van der Waals surface area contributed by atoms with Gasteiger partial charge in [-0.2, -0.15) is 0 Å². The van der Waals surface area contributed by atoms with Crippen molar-refractivity contribution < 1.29 is 18.7 Å². The molecule has 0 bridgehead atoms. The zero-order valence-corrected chi connectivity index (χ0v) is 9.85. The Morgan fingerprint density at radius 1 is 1.22 bits per heavy atom. The minimum atomic E-state index is -0.452. The standard InChI is InChI=1S/C13H12FNO3/c1-18-11-3-2-9(8-10(11)14)6-7-15-12(16)4-5-13(15)17/h2-5,8H,6-7H2,1H3. The number of hydrogen-bond donors (Lipinski definition) is 0. The predicted molar refractivity (Wildman–Crippen MR) is 62.5 cm³/mol. The van der Waals surface area contributed by atoms with Crippen molar-refractivity contribution in [2.24, 2.45) is 0 Å². The van der Waals surface area contributed by atoms with Crippen molar-refractivity contribution in [3.8, 4) is 5.75 Å². The third kappa shape index (κ3) is 2.40. The van der Waals surface area contributed by atoms with Crippen molar-refractivity contribution in [1.29, 1.82) is 0 Å². The summed E-state index contributed by atoms with van der Waals surface area (Å²) in [6, 6.07) is 4.58. The molecule has 0 unspecified atom stereocenters. The number of halogens is 1. The van der Waals surface area contributed by atoms with E-state index < -0.39 is 5.82 Å². The van der Waals surface area contributed by atoms with Gasteiger partial charge in [-0.25, -0.2) is 4.39 Å². The maximum absolute atomic E-state index is 13.4. The molecule has 0 atom stereocenters. The molecule has 1 aliphatic rings. The lowest BCUT2D eigenvalue weighted by molar-refractivity contribution is -0.136. The van der Waals surface area contributed by atoms with Crippen molar-refractivity contribution in [3.63, 3.8) is 0 Å². The molecule has 0 N–H and O–H groups in total. The number of ether oxygens (including phenoxy) is 1. The number of nitrogens with zero attached hydrogens (tertiary/aromatic N) is 1. The van der Waals surface area contributed by atoms with E-state index in [2.05, 4.69) is 0 Å². The average Bonchev–Trinajstić information content (AvgIpc) is 2.67. The van der Waals surface area contributed by atoms with Crippen LogP contribution in [0.1, 0.15) is 5.56 Å². The van der Waals surface area contributed by atoms with Crippen LogP contribution in [0.3, 0.4) is 0 Å². The van der Waals surface area contributed by atoms with Gasteiger partial charge < -0.3 is 4.74 Å². The van der Waals surface area contributed by atoms with Crippen LogP contribution >= 0.6 is 0 Å². The highest BCUT2D eigenvalue weighted by Gasteiger charge is 2.22. The van der Waals surface area contributed by atoms with Gasteiger partial charge in [-0.1, -0.05) is 6.07 Å². The quantitative estimate of drug-likeness (QED) is 0.756. The first-order valence-electron chi connectivity index (χ1n) is 5.48. The fraction of sp³-hybridized carbons (Fsp3) is 0.231. The van der Waals surface area contributed by atoms with Crippen LogP contribution in [-0.4, -0.2) is 30.4 Å². The lowest BCUT2D eigenvalue weighted by atomic mass is 10.1. The highest BCUT2D eigenvalue weighted by Crippen LogP contribution is 2.18. The van der Waals surface area contributed by atoms with Crippen molar-refractivity contribution in [3.05, 3.63) is 41.7 Å². The maximum Gasteiger partial charge on any atom is 0.253 e. The number of amides is 2. The molecule has 1 aliphatic heterocycles. The lowest BCUT2D eigenvalue weighted by Crippen LogP contribution is -2.31. The zero-order valence-electron chi connectivity index (χ0n) is 9.85. The minimum Gasteiger partial charge on any atom is -0.494 e. The van der Waals surface area contributed by atoms with Gasteiger partial charge in [0.2, 0.25) is 0 Å². The van der Waals surface area contributed by atoms with E-state index in [0.717, 1.165) is 4.90 Å². The van der Waals surface area contributed by atoms with E-state index in [9.17, 15) is 14.0 Å². The Morgan fingerprint density at radius 2 is 1.89 bits per heavy atom. The molecule has 0 radical (unpaired) electrons. The molecule has 0 saturated carbocycles. The second-order valence-electron chi connectivity index (χ2n) is 3.88. The molecule has 2 amide bonds. The Bertz CT molecular complexity index is 507. The Morgan fingerprint density at radius 3 is 2.44 bits per heavy atom. The number of methoxy groups -OCH3 is 1. The van der Waals surface area contributed by atoms with Gasteiger partial charge in [-0.05, 0) is 24.1 Å². The highest BCUT2D eigenvalue weighted by molar-refractivity contribution is 6.12. The summed E-state index contributed by atoms with van der Waals surface area (Å²) in [5.41, 5.74) is 0.709. The Labute approximate surface area is 104 Å². The molecule has 0 spiro atoms. The molecule has 4 nitrogen and oxygen atoms in total. The van der Waals surface area contributed by atoms with Crippen LogP contribution in [-0.2, 0) is 16.0 Å². The fourth-order valence-electron chi connectivity index (χ4n) is 1.76. The van der Waals surface area contributed by atoms with Gasteiger partial charge in [0.25, 0.3) is 11.8 Å². The number of imide groups is 1. The Hall–Kier alpha value is -2.17. The van der Waals surface area contributed by atoms with Crippen LogP contribution in [0.25, 0.3) is 0 Å². The summed E-state index contributed by atoms with van der Waals surface area (Å²) in [5, 5.41) is 0. The molecular weight excluding hydrogens is 237 g/mol. The zero-order chi connectivity index (χ0) is 13.1. The Kier molecular flexibility index (Phi) is 3.41. The van der Waals surface area contributed by atoms with Gasteiger partial charge in [0, 0.05) is 18.7 Å². The number of carbonyl (C=O) groups is 2. The third-order valence-electron chi connectivity index (χ3n) is 2.74. The summed E-state index contributed by atoms with van der Waals surface area (Å²) in [5.74, 6) is -0.927. The predicted octanol–water partition coefficient (Wildman–Crippen LogP) is 1.30. The lowest BCUT2D eigenvalue weighted by Gasteiger charge is -2.13. The van der Waals surface area contributed by atoms with Crippen LogP contribution in [0.4, 0.5) is 4.39 Å². The first-order valence-corrected chi connectivity index (χ1v) is 5.48.